The Morgan fingerprint density at radius 2 is 1.73 bits per heavy atom. The normalized spacial score (nSPS) is 20.4. The Morgan fingerprint density at radius 3 is 2.27 bits per heavy atom. The third kappa shape index (κ3) is 6.07. The molecule has 0 saturated carbocycles. The van der Waals surface area contributed by atoms with Crippen molar-refractivity contribution >= 4 is 21.7 Å². The Morgan fingerprint density at radius 1 is 1.09 bits per heavy atom. The van der Waals surface area contributed by atoms with Crippen molar-refractivity contribution in [2.24, 2.45) is 5.41 Å². The molecule has 1 N–H and O–H groups in total. The van der Waals surface area contributed by atoms with E-state index in [2.05, 4.69) is 41.4 Å². The molecule has 2 saturated heterocycles. The number of piperidine rings is 1. The molecule has 1 atom stereocenters. The topological polar surface area (TPSA) is 88.2 Å². The van der Waals surface area contributed by atoms with Gasteiger partial charge in [0.25, 0.3) is 0 Å². The molecule has 0 radical (unpaired) electrons. The number of piperazine rings is 1. The van der Waals surface area contributed by atoms with E-state index in [1.807, 2.05) is 0 Å². The van der Waals surface area contributed by atoms with Gasteiger partial charge in [-0.1, -0.05) is 25.5 Å². The van der Waals surface area contributed by atoms with Crippen LogP contribution in [0.4, 0.5) is 5.69 Å². The molecule has 1 aromatic carbocycles. The van der Waals surface area contributed by atoms with Gasteiger partial charge in [0.2, 0.25) is 10.0 Å². The number of nitrogens with zero attached hydrogens (tertiary/aromatic N) is 2. The second kappa shape index (κ2) is 11.6. The number of rotatable bonds is 10. The van der Waals surface area contributed by atoms with E-state index >= 15 is 0 Å². The number of esters is 1. The SMILES string of the molecule is CCCCc1ccc(N2CCN(S(=O)(=O)C(CC3(C(=O)OC)CCNCC3)OC)CC2)cc1. The summed E-state index contributed by atoms with van der Waals surface area (Å²) in [6, 6.07) is 8.59. The largest absolute Gasteiger partial charge is 0.469 e. The van der Waals surface area contributed by atoms with E-state index in [1.54, 1.807) is 0 Å². The van der Waals surface area contributed by atoms with Gasteiger partial charge < -0.3 is 19.7 Å². The third-order valence-electron chi connectivity index (χ3n) is 7.05. The van der Waals surface area contributed by atoms with Crippen LogP contribution in [0.25, 0.3) is 0 Å². The fraction of sp³-hybridized carbons (Fsp3) is 0.708. The maximum atomic E-state index is 13.4. The molecular formula is C24H39N3O5S. The van der Waals surface area contributed by atoms with Crippen molar-refractivity contribution in [3.8, 4) is 0 Å². The lowest BCUT2D eigenvalue weighted by Crippen LogP contribution is -2.53. The minimum absolute atomic E-state index is 0.111. The Hall–Kier alpha value is -1.68. The van der Waals surface area contributed by atoms with Crippen LogP contribution in [0, 0.1) is 5.41 Å². The summed E-state index contributed by atoms with van der Waals surface area (Å²) in [5.41, 5.74) is 0.547. The summed E-state index contributed by atoms with van der Waals surface area (Å²) < 4.78 is 38.9. The number of methoxy groups -OCH3 is 2. The number of unbranched alkanes of at least 4 members (excludes halogenated alkanes) is 1. The first-order valence-electron chi connectivity index (χ1n) is 12.0. The number of carbonyl (C=O) groups is 1. The highest BCUT2D eigenvalue weighted by Gasteiger charge is 2.47. The number of ether oxygens (including phenoxy) is 2. The first kappa shape index (κ1) is 25.9. The molecule has 1 unspecified atom stereocenters. The van der Waals surface area contributed by atoms with Crippen molar-refractivity contribution in [3.63, 3.8) is 0 Å². The number of anilines is 1. The average Bonchev–Trinajstić information content (AvgIpc) is 2.86. The molecule has 8 nitrogen and oxygen atoms in total. The molecule has 0 bridgehead atoms. The first-order valence-corrected chi connectivity index (χ1v) is 13.5. The van der Waals surface area contributed by atoms with Gasteiger partial charge in [-0.15, -0.1) is 0 Å². The van der Waals surface area contributed by atoms with Crippen LogP contribution in [0.5, 0.6) is 0 Å². The van der Waals surface area contributed by atoms with Gasteiger partial charge in [0.15, 0.2) is 5.44 Å². The molecule has 0 spiro atoms. The molecule has 186 valence electrons. The summed E-state index contributed by atoms with van der Waals surface area (Å²) in [5, 5.41) is 3.23. The van der Waals surface area contributed by atoms with Crippen molar-refractivity contribution in [1.82, 2.24) is 9.62 Å². The average molecular weight is 482 g/mol. The minimum atomic E-state index is -3.72. The molecule has 2 aliphatic heterocycles. The van der Waals surface area contributed by atoms with E-state index in [0.717, 1.165) is 12.1 Å². The van der Waals surface area contributed by atoms with Crippen LogP contribution in [-0.4, -0.2) is 77.6 Å². The van der Waals surface area contributed by atoms with E-state index in [1.165, 1.54) is 36.9 Å². The number of hydrogen-bond donors (Lipinski definition) is 1. The summed E-state index contributed by atoms with van der Waals surface area (Å²) in [4.78, 5) is 14.8. The predicted octanol–water partition coefficient (Wildman–Crippen LogP) is 2.39. The van der Waals surface area contributed by atoms with Crippen LogP contribution < -0.4 is 10.2 Å². The Bertz CT molecular complexity index is 861. The first-order chi connectivity index (χ1) is 15.9. The second-order valence-electron chi connectivity index (χ2n) is 9.09. The lowest BCUT2D eigenvalue weighted by atomic mass is 9.76. The van der Waals surface area contributed by atoms with E-state index in [4.69, 9.17) is 9.47 Å². The summed E-state index contributed by atoms with van der Waals surface area (Å²) in [6.07, 6.45) is 4.64. The number of sulfonamides is 1. The minimum Gasteiger partial charge on any atom is -0.469 e. The van der Waals surface area contributed by atoms with Crippen molar-refractivity contribution in [1.29, 1.82) is 0 Å². The van der Waals surface area contributed by atoms with E-state index in [9.17, 15) is 13.2 Å². The third-order valence-corrected chi connectivity index (χ3v) is 9.16. The fourth-order valence-corrected chi connectivity index (χ4v) is 6.64. The smallest absolute Gasteiger partial charge is 0.312 e. The van der Waals surface area contributed by atoms with Gasteiger partial charge in [-0.3, -0.25) is 4.79 Å². The lowest BCUT2D eigenvalue weighted by molar-refractivity contribution is -0.156. The fourth-order valence-electron chi connectivity index (χ4n) is 4.86. The number of benzene rings is 1. The van der Waals surface area contributed by atoms with Crippen molar-refractivity contribution in [2.45, 2.75) is 50.9 Å². The van der Waals surface area contributed by atoms with Crippen molar-refractivity contribution in [3.05, 3.63) is 29.8 Å². The van der Waals surface area contributed by atoms with Gasteiger partial charge in [0.05, 0.1) is 12.5 Å². The molecular weight excluding hydrogens is 442 g/mol. The van der Waals surface area contributed by atoms with Crippen LogP contribution in [0.1, 0.15) is 44.6 Å². The van der Waals surface area contributed by atoms with Crippen molar-refractivity contribution in [2.75, 3.05) is 58.4 Å². The molecule has 2 fully saturated rings. The van der Waals surface area contributed by atoms with Crippen LogP contribution in [-0.2, 0) is 30.7 Å². The maximum absolute atomic E-state index is 13.4. The molecule has 2 heterocycles. The summed E-state index contributed by atoms with van der Waals surface area (Å²) in [7, 11) is -0.953. The molecule has 2 aliphatic rings. The number of hydrogen-bond acceptors (Lipinski definition) is 7. The molecule has 33 heavy (non-hydrogen) atoms. The van der Waals surface area contributed by atoms with E-state index in [-0.39, 0.29) is 12.4 Å². The Labute approximate surface area is 198 Å². The van der Waals surface area contributed by atoms with Crippen molar-refractivity contribution < 1.29 is 22.7 Å². The lowest BCUT2D eigenvalue weighted by Gasteiger charge is -2.40. The molecule has 0 aromatic heterocycles. The Kier molecular flexibility index (Phi) is 9.15. The monoisotopic (exact) mass is 481 g/mol. The number of carbonyl (C=O) groups excluding carboxylic acids is 1. The second-order valence-corrected chi connectivity index (χ2v) is 11.2. The number of nitrogens with one attached hydrogen (secondary N) is 1. The van der Waals surface area contributed by atoms with E-state index in [0.29, 0.717) is 52.1 Å². The van der Waals surface area contributed by atoms with Crippen LogP contribution in [0.15, 0.2) is 24.3 Å². The molecule has 9 heteroatoms. The van der Waals surface area contributed by atoms with Crippen LogP contribution >= 0.6 is 0 Å². The van der Waals surface area contributed by atoms with Crippen LogP contribution in [0.3, 0.4) is 0 Å². The zero-order chi connectivity index (χ0) is 23.9. The molecule has 1 aromatic rings. The maximum Gasteiger partial charge on any atom is 0.312 e. The van der Waals surface area contributed by atoms with Crippen LogP contribution in [0.2, 0.25) is 0 Å². The highest BCUT2D eigenvalue weighted by atomic mass is 32.2. The van der Waals surface area contributed by atoms with Gasteiger partial charge in [-0.05, 0) is 56.5 Å². The quantitative estimate of drug-likeness (QED) is 0.514. The van der Waals surface area contributed by atoms with Gasteiger partial charge >= 0.3 is 5.97 Å². The highest BCUT2D eigenvalue weighted by Crippen LogP contribution is 2.38. The standard InChI is InChI=1S/C24H39N3O5S/c1-4-5-6-20-7-9-21(10-8-20)26-15-17-27(18-16-26)33(29,30)22(31-2)19-24(23(28)32-3)11-13-25-14-12-24/h7-10,22,25H,4-6,11-19H2,1-3H3. The zero-order valence-corrected chi connectivity index (χ0v) is 21.0. The van der Waals surface area contributed by atoms with E-state index < -0.39 is 20.9 Å². The predicted molar refractivity (Wildman–Crippen MR) is 130 cm³/mol. The Balaban J connectivity index is 1.64. The number of aryl methyl sites for hydroxylation is 1. The van der Waals surface area contributed by atoms with Gasteiger partial charge in [0, 0.05) is 45.4 Å². The highest BCUT2D eigenvalue weighted by molar-refractivity contribution is 7.89. The molecule has 0 amide bonds. The summed E-state index contributed by atoms with van der Waals surface area (Å²) in [5.74, 6) is -0.353. The summed E-state index contributed by atoms with van der Waals surface area (Å²) >= 11 is 0. The summed E-state index contributed by atoms with van der Waals surface area (Å²) in [6.45, 7) is 5.53. The molecule has 0 aliphatic carbocycles. The zero-order valence-electron chi connectivity index (χ0n) is 20.2. The molecule has 3 rings (SSSR count). The van der Waals surface area contributed by atoms with Gasteiger partial charge in [0.1, 0.15) is 0 Å². The van der Waals surface area contributed by atoms with Gasteiger partial charge in [-0.2, -0.15) is 4.31 Å². The van der Waals surface area contributed by atoms with Gasteiger partial charge in [-0.25, -0.2) is 8.42 Å².